The first-order valence-electron chi connectivity index (χ1n) is 6.98. The molecule has 2 aromatic heterocycles. The zero-order chi connectivity index (χ0) is 14.9. The Morgan fingerprint density at radius 3 is 2.39 bits per heavy atom. The Morgan fingerprint density at radius 1 is 0.870 bits per heavy atom. The van der Waals surface area contributed by atoms with Gasteiger partial charge in [0.15, 0.2) is 5.58 Å². The van der Waals surface area contributed by atoms with Gasteiger partial charge in [-0.3, -0.25) is 0 Å². The molecular weight excluding hydrogens is 310 g/mol. The van der Waals surface area contributed by atoms with Gasteiger partial charge >= 0.3 is 0 Å². The van der Waals surface area contributed by atoms with Gasteiger partial charge in [0.2, 0.25) is 5.89 Å². The molecular formula is C18H14ClN3O. The quantitative estimate of drug-likeness (QED) is 0.587. The third-order valence-corrected chi connectivity index (χ3v) is 3.55. The summed E-state index contributed by atoms with van der Waals surface area (Å²) >= 11 is 0. The van der Waals surface area contributed by atoms with E-state index in [4.69, 9.17) is 10.2 Å². The maximum Gasteiger partial charge on any atom is 0.231 e. The van der Waals surface area contributed by atoms with Gasteiger partial charge in [-0.2, -0.15) is 0 Å². The molecule has 0 saturated carbocycles. The predicted molar refractivity (Wildman–Crippen MR) is 94.3 cm³/mol. The number of hydrogen-bond donors (Lipinski definition) is 1. The normalized spacial score (nSPS) is 10.4. The zero-order valence-corrected chi connectivity index (χ0v) is 13.0. The second-order valence-electron chi connectivity index (χ2n) is 5.01. The number of anilines is 1. The number of para-hydroxylation sites is 2. The van der Waals surface area contributed by atoms with Crippen molar-refractivity contribution < 1.29 is 4.42 Å². The van der Waals surface area contributed by atoms with Crippen LogP contribution in [0.4, 0.5) is 5.82 Å². The minimum absolute atomic E-state index is 0. The average molecular weight is 324 g/mol. The highest BCUT2D eigenvalue weighted by atomic mass is 35.5. The highest BCUT2D eigenvalue weighted by molar-refractivity contribution is 5.85. The van der Waals surface area contributed by atoms with Crippen LogP contribution in [0, 0.1) is 0 Å². The molecule has 2 heterocycles. The van der Waals surface area contributed by atoms with E-state index < -0.39 is 0 Å². The first-order chi connectivity index (χ1) is 10.8. The maximum absolute atomic E-state index is 6.01. The third kappa shape index (κ3) is 2.76. The molecule has 114 valence electrons. The molecule has 0 amide bonds. The molecule has 0 aliphatic carbocycles. The molecule has 2 aromatic carbocycles. The zero-order valence-electron chi connectivity index (χ0n) is 12.1. The van der Waals surface area contributed by atoms with Crippen LogP contribution in [-0.2, 0) is 0 Å². The second kappa shape index (κ2) is 6.10. The van der Waals surface area contributed by atoms with Gasteiger partial charge in [-0.15, -0.1) is 12.4 Å². The molecule has 0 radical (unpaired) electrons. The minimum atomic E-state index is 0. The van der Waals surface area contributed by atoms with Crippen LogP contribution in [0.3, 0.4) is 0 Å². The number of pyridine rings is 1. The first kappa shape index (κ1) is 15.1. The van der Waals surface area contributed by atoms with Crippen LogP contribution in [-0.4, -0.2) is 9.97 Å². The fraction of sp³-hybridized carbons (Fsp3) is 0. The summed E-state index contributed by atoms with van der Waals surface area (Å²) in [5.74, 6) is 0.898. The Balaban J connectivity index is 0.00000156. The van der Waals surface area contributed by atoms with E-state index in [1.807, 2.05) is 60.7 Å². The summed E-state index contributed by atoms with van der Waals surface area (Å²) in [4.78, 5) is 8.77. The fourth-order valence-electron chi connectivity index (χ4n) is 2.42. The van der Waals surface area contributed by atoms with E-state index in [9.17, 15) is 0 Å². The molecule has 4 aromatic rings. The van der Waals surface area contributed by atoms with Gasteiger partial charge in [-0.05, 0) is 23.8 Å². The lowest BCUT2D eigenvalue weighted by atomic mass is 10.1. The van der Waals surface area contributed by atoms with Crippen LogP contribution < -0.4 is 5.73 Å². The Labute approximate surface area is 139 Å². The smallest absolute Gasteiger partial charge is 0.231 e. The van der Waals surface area contributed by atoms with Crippen LogP contribution in [0.5, 0.6) is 0 Å². The molecule has 2 N–H and O–H groups in total. The van der Waals surface area contributed by atoms with Crippen molar-refractivity contribution in [3.8, 4) is 22.6 Å². The summed E-state index contributed by atoms with van der Waals surface area (Å²) in [5, 5.41) is 0. The van der Waals surface area contributed by atoms with Crippen molar-refractivity contribution >= 4 is 29.3 Å². The molecule has 4 rings (SSSR count). The number of aromatic nitrogens is 2. The lowest BCUT2D eigenvalue weighted by molar-refractivity contribution is 0.620. The molecule has 0 aliphatic rings. The number of benzene rings is 2. The van der Waals surface area contributed by atoms with Crippen LogP contribution >= 0.6 is 12.4 Å². The summed E-state index contributed by atoms with van der Waals surface area (Å²) in [5.41, 5.74) is 10.3. The van der Waals surface area contributed by atoms with Crippen molar-refractivity contribution in [1.82, 2.24) is 9.97 Å². The molecule has 0 bridgehead atoms. The van der Waals surface area contributed by atoms with E-state index in [0.717, 1.165) is 22.2 Å². The van der Waals surface area contributed by atoms with Crippen LogP contribution in [0.25, 0.3) is 33.7 Å². The van der Waals surface area contributed by atoms with E-state index >= 15 is 0 Å². The number of hydrogen-bond acceptors (Lipinski definition) is 4. The highest BCUT2D eigenvalue weighted by Crippen LogP contribution is 2.31. The van der Waals surface area contributed by atoms with Crippen molar-refractivity contribution in [3.05, 3.63) is 66.9 Å². The van der Waals surface area contributed by atoms with Crippen molar-refractivity contribution in [2.45, 2.75) is 0 Å². The lowest BCUT2D eigenvalue weighted by Crippen LogP contribution is -1.95. The highest BCUT2D eigenvalue weighted by Gasteiger charge is 2.13. The van der Waals surface area contributed by atoms with Gasteiger partial charge in [0.25, 0.3) is 0 Å². The number of fused-ring (bicyclic) bond motifs is 1. The van der Waals surface area contributed by atoms with Crippen molar-refractivity contribution in [3.63, 3.8) is 0 Å². The number of nitrogens with two attached hydrogens (primary N) is 1. The Bertz CT molecular complexity index is 918. The molecule has 5 heteroatoms. The molecule has 0 aliphatic heterocycles. The van der Waals surface area contributed by atoms with Crippen LogP contribution in [0.2, 0.25) is 0 Å². The van der Waals surface area contributed by atoms with Gasteiger partial charge in [-0.1, -0.05) is 42.5 Å². The Hall–Kier alpha value is -2.85. The summed E-state index contributed by atoms with van der Waals surface area (Å²) in [7, 11) is 0. The molecule has 0 unspecified atom stereocenters. The molecule has 0 atom stereocenters. The molecule has 0 fully saturated rings. The third-order valence-electron chi connectivity index (χ3n) is 3.55. The molecule has 0 saturated heterocycles. The molecule has 0 spiro atoms. The number of rotatable bonds is 2. The van der Waals surface area contributed by atoms with Gasteiger partial charge < -0.3 is 10.2 Å². The van der Waals surface area contributed by atoms with Gasteiger partial charge in [0, 0.05) is 11.8 Å². The summed E-state index contributed by atoms with van der Waals surface area (Å²) in [6, 6.07) is 19.6. The van der Waals surface area contributed by atoms with E-state index in [1.165, 1.54) is 0 Å². The largest absolute Gasteiger partial charge is 0.436 e. The van der Waals surface area contributed by atoms with Gasteiger partial charge in [0.05, 0.1) is 5.56 Å². The van der Waals surface area contributed by atoms with Gasteiger partial charge in [0.1, 0.15) is 11.3 Å². The standard InChI is InChI=1S/C18H13N3O.ClH/c19-17-14(18-21-15-8-4-5-9-16(15)22-18)10-13(11-20-17)12-6-2-1-3-7-12;/h1-11H,(H2,19,20);1H. The van der Waals surface area contributed by atoms with E-state index in [0.29, 0.717) is 17.3 Å². The molecule has 4 nitrogen and oxygen atoms in total. The van der Waals surface area contributed by atoms with Crippen molar-refractivity contribution in [1.29, 1.82) is 0 Å². The SMILES string of the molecule is Cl.Nc1ncc(-c2ccccc2)cc1-c1nc2ccccc2o1. The fourth-order valence-corrected chi connectivity index (χ4v) is 2.42. The monoisotopic (exact) mass is 323 g/mol. The molecule has 23 heavy (non-hydrogen) atoms. The topological polar surface area (TPSA) is 64.9 Å². The Kier molecular flexibility index (Phi) is 4.00. The van der Waals surface area contributed by atoms with E-state index in [-0.39, 0.29) is 12.4 Å². The van der Waals surface area contributed by atoms with Crippen molar-refractivity contribution in [2.24, 2.45) is 0 Å². The van der Waals surface area contributed by atoms with E-state index in [1.54, 1.807) is 6.20 Å². The Morgan fingerprint density at radius 2 is 1.61 bits per heavy atom. The second-order valence-corrected chi connectivity index (χ2v) is 5.01. The van der Waals surface area contributed by atoms with Gasteiger partial charge in [-0.25, -0.2) is 9.97 Å². The summed E-state index contributed by atoms with van der Waals surface area (Å²) < 4.78 is 5.79. The van der Waals surface area contributed by atoms with Crippen LogP contribution in [0.15, 0.2) is 71.3 Å². The van der Waals surface area contributed by atoms with E-state index in [2.05, 4.69) is 9.97 Å². The number of oxazole rings is 1. The summed E-state index contributed by atoms with van der Waals surface area (Å²) in [6.45, 7) is 0. The van der Waals surface area contributed by atoms with Crippen LogP contribution in [0.1, 0.15) is 0 Å². The predicted octanol–water partition coefficient (Wildman–Crippen LogP) is 4.56. The maximum atomic E-state index is 6.01. The summed E-state index contributed by atoms with van der Waals surface area (Å²) in [6.07, 6.45) is 1.76. The number of nitrogens with zero attached hydrogens (tertiary/aromatic N) is 2. The van der Waals surface area contributed by atoms with Crippen molar-refractivity contribution in [2.75, 3.05) is 5.73 Å². The minimum Gasteiger partial charge on any atom is -0.436 e. The number of halogens is 1. The lowest BCUT2D eigenvalue weighted by Gasteiger charge is -2.05. The number of nitrogen functional groups attached to an aromatic ring is 1. The average Bonchev–Trinajstić information content (AvgIpc) is 3.00. The first-order valence-corrected chi connectivity index (χ1v) is 6.98.